The molecular weight excluding hydrogens is 463 g/mol. The van der Waals surface area contributed by atoms with E-state index >= 15 is 0 Å². The van der Waals surface area contributed by atoms with Crippen LogP contribution in [0, 0.1) is 0 Å². The predicted octanol–water partition coefficient (Wildman–Crippen LogP) is 4.81. The second-order valence-corrected chi connectivity index (χ2v) is 8.59. The first kappa shape index (κ1) is 22.4. The molecule has 0 aliphatic heterocycles. The zero-order chi connectivity index (χ0) is 23.3. The lowest BCUT2D eigenvalue weighted by atomic mass is 9.95. The van der Waals surface area contributed by atoms with Crippen molar-refractivity contribution in [2.75, 3.05) is 5.73 Å². The van der Waals surface area contributed by atoms with Crippen LogP contribution in [0.3, 0.4) is 0 Å². The van der Waals surface area contributed by atoms with E-state index in [1.807, 2.05) is 5.38 Å². The first-order valence-corrected chi connectivity index (χ1v) is 10.6. The highest BCUT2D eigenvalue weighted by atomic mass is 35.5. The maximum absolute atomic E-state index is 13.3. The van der Waals surface area contributed by atoms with Crippen molar-refractivity contribution in [2.45, 2.75) is 24.7 Å². The normalized spacial score (nSPS) is 15.0. The highest BCUT2D eigenvalue weighted by molar-refractivity contribution is 7.18. The number of fused-ring (bicyclic) bond motifs is 1. The van der Waals surface area contributed by atoms with Crippen LogP contribution in [0.4, 0.5) is 19.0 Å². The van der Waals surface area contributed by atoms with Gasteiger partial charge in [0.05, 0.1) is 27.2 Å². The molecule has 0 saturated heterocycles. The Bertz CT molecular complexity index is 1310. The number of rotatable bonds is 4. The van der Waals surface area contributed by atoms with Gasteiger partial charge in [-0.05, 0) is 53.8 Å². The molecule has 4 aromatic heterocycles. The Morgan fingerprint density at radius 3 is 2.56 bits per heavy atom. The van der Waals surface area contributed by atoms with Crippen molar-refractivity contribution >= 4 is 38.8 Å². The van der Waals surface area contributed by atoms with Gasteiger partial charge in [-0.25, -0.2) is 4.98 Å². The van der Waals surface area contributed by atoms with Gasteiger partial charge in [-0.15, -0.1) is 11.3 Å². The molecule has 0 saturated carbocycles. The van der Waals surface area contributed by atoms with E-state index in [-0.39, 0.29) is 17.1 Å². The summed E-state index contributed by atoms with van der Waals surface area (Å²) in [7, 11) is 0. The topological polar surface area (TPSA) is 111 Å². The maximum atomic E-state index is 13.3. The Balaban J connectivity index is 1.82. The molecule has 4 rings (SSSR count). The quantitative estimate of drug-likeness (QED) is 0.387. The standard InChI is InChI=1S/C21H17ClF3N5OS/c1-20(31,21(23,24)25)10-4-6-28-14(8-10)18-19-11(5-7-29-18)12(9-32-19)16(27)17-13(22)2-3-15(26)30-17/h2-9,16,31H,27H2,1H3,(H2,26,30). The fourth-order valence-corrected chi connectivity index (χ4v) is 4.59. The van der Waals surface area contributed by atoms with E-state index < -0.39 is 17.8 Å². The molecule has 0 radical (unpaired) electrons. The van der Waals surface area contributed by atoms with Gasteiger partial charge in [0.2, 0.25) is 0 Å². The number of aliphatic hydroxyl groups is 1. The molecule has 166 valence electrons. The van der Waals surface area contributed by atoms with Gasteiger partial charge >= 0.3 is 6.18 Å². The molecule has 11 heteroatoms. The molecule has 4 aromatic rings. The highest BCUT2D eigenvalue weighted by Gasteiger charge is 2.51. The zero-order valence-electron chi connectivity index (χ0n) is 16.6. The lowest BCUT2D eigenvalue weighted by molar-refractivity contribution is -0.258. The molecule has 0 aliphatic rings. The summed E-state index contributed by atoms with van der Waals surface area (Å²) >= 11 is 7.57. The molecule has 4 heterocycles. The van der Waals surface area contributed by atoms with Crippen LogP contribution in [0.5, 0.6) is 0 Å². The Kier molecular flexibility index (Phi) is 5.58. The van der Waals surface area contributed by atoms with E-state index in [1.165, 1.54) is 29.8 Å². The Morgan fingerprint density at radius 1 is 1.12 bits per heavy atom. The number of hydrogen-bond donors (Lipinski definition) is 3. The summed E-state index contributed by atoms with van der Waals surface area (Å²) in [4.78, 5) is 12.7. The minimum atomic E-state index is -4.85. The van der Waals surface area contributed by atoms with Crippen LogP contribution in [0.15, 0.2) is 48.1 Å². The number of thiophene rings is 1. The monoisotopic (exact) mass is 479 g/mol. The van der Waals surface area contributed by atoms with Crippen LogP contribution in [0.1, 0.15) is 29.8 Å². The number of nitrogens with two attached hydrogens (primary N) is 2. The van der Waals surface area contributed by atoms with Crippen LogP contribution in [-0.4, -0.2) is 26.2 Å². The van der Waals surface area contributed by atoms with Crippen molar-refractivity contribution in [3.63, 3.8) is 0 Å². The molecule has 0 fully saturated rings. The number of alkyl halides is 3. The molecule has 0 bridgehead atoms. The van der Waals surface area contributed by atoms with Gasteiger partial charge in [-0.2, -0.15) is 13.2 Å². The lowest BCUT2D eigenvalue weighted by Crippen LogP contribution is -2.39. The number of hydrogen-bond acceptors (Lipinski definition) is 7. The van der Waals surface area contributed by atoms with Crippen LogP contribution < -0.4 is 11.5 Å². The van der Waals surface area contributed by atoms with Crippen molar-refractivity contribution in [2.24, 2.45) is 5.73 Å². The van der Waals surface area contributed by atoms with Crippen molar-refractivity contribution < 1.29 is 18.3 Å². The van der Waals surface area contributed by atoms with Crippen molar-refractivity contribution in [3.8, 4) is 11.4 Å². The van der Waals surface area contributed by atoms with E-state index in [1.54, 1.807) is 18.2 Å². The number of aromatic nitrogens is 3. The van der Waals surface area contributed by atoms with Crippen LogP contribution >= 0.6 is 22.9 Å². The summed E-state index contributed by atoms with van der Waals surface area (Å²) in [5, 5.41) is 13.0. The largest absolute Gasteiger partial charge is 0.421 e. The second kappa shape index (κ2) is 7.96. The summed E-state index contributed by atoms with van der Waals surface area (Å²) < 4.78 is 40.6. The number of nitrogens with zero attached hydrogens (tertiary/aromatic N) is 3. The summed E-state index contributed by atoms with van der Waals surface area (Å²) in [6.07, 6.45) is -2.12. The number of halogens is 4. The third-order valence-electron chi connectivity index (χ3n) is 5.16. The molecule has 2 unspecified atom stereocenters. The lowest BCUT2D eigenvalue weighted by Gasteiger charge is -2.26. The van der Waals surface area contributed by atoms with Crippen LogP contribution in [0.2, 0.25) is 5.02 Å². The maximum Gasteiger partial charge on any atom is 0.421 e. The van der Waals surface area contributed by atoms with Crippen LogP contribution in [-0.2, 0) is 5.60 Å². The van der Waals surface area contributed by atoms with Gasteiger partial charge in [0, 0.05) is 17.8 Å². The summed E-state index contributed by atoms with van der Waals surface area (Å²) in [5.74, 6) is 0.277. The first-order chi connectivity index (χ1) is 15.0. The van der Waals surface area contributed by atoms with Crippen molar-refractivity contribution in [1.82, 2.24) is 15.0 Å². The van der Waals surface area contributed by atoms with Crippen LogP contribution in [0.25, 0.3) is 21.5 Å². The molecular formula is C21H17ClF3N5OS. The Morgan fingerprint density at radius 2 is 1.84 bits per heavy atom. The average Bonchev–Trinajstić information content (AvgIpc) is 3.18. The minimum absolute atomic E-state index is 0.194. The number of nitrogen functional groups attached to an aromatic ring is 1. The second-order valence-electron chi connectivity index (χ2n) is 7.31. The molecule has 2 atom stereocenters. The van der Waals surface area contributed by atoms with Gasteiger partial charge in [0.25, 0.3) is 0 Å². The Hall–Kier alpha value is -2.79. The highest BCUT2D eigenvalue weighted by Crippen LogP contribution is 2.41. The third-order valence-corrected chi connectivity index (χ3v) is 6.50. The van der Waals surface area contributed by atoms with Gasteiger partial charge in [0.1, 0.15) is 11.5 Å². The van der Waals surface area contributed by atoms with Gasteiger partial charge < -0.3 is 16.6 Å². The average molecular weight is 480 g/mol. The molecule has 0 amide bonds. The Labute approximate surface area is 189 Å². The van der Waals surface area contributed by atoms with E-state index in [0.29, 0.717) is 33.6 Å². The smallest absolute Gasteiger partial charge is 0.384 e. The van der Waals surface area contributed by atoms with Gasteiger partial charge in [-0.1, -0.05) is 11.6 Å². The first-order valence-electron chi connectivity index (χ1n) is 9.30. The minimum Gasteiger partial charge on any atom is -0.384 e. The summed E-state index contributed by atoms with van der Waals surface area (Å²) in [6.45, 7) is 0.699. The van der Waals surface area contributed by atoms with Crippen molar-refractivity contribution in [3.05, 3.63) is 69.9 Å². The van der Waals surface area contributed by atoms with E-state index in [4.69, 9.17) is 23.1 Å². The van der Waals surface area contributed by atoms with E-state index in [9.17, 15) is 18.3 Å². The third kappa shape index (κ3) is 3.79. The molecule has 0 aromatic carbocycles. The zero-order valence-corrected chi connectivity index (χ0v) is 18.1. The number of pyridine rings is 3. The SMILES string of the molecule is CC(O)(c1ccnc(-c2nccc3c(C(N)c4nc(N)ccc4Cl)csc23)c1)C(F)(F)F. The molecule has 32 heavy (non-hydrogen) atoms. The predicted molar refractivity (Wildman–Crippen MR) is 118 cm³/mol. The molecule has 0 aliphatic carbocycles. The van der Waals surface area contributed by atoms with Gasteiger partial charge in [0.15, 0.2) is 5.60 Å². The fraction of sp³-hybridized carbons (Fsp3) is 0.190. The summed E-state index contributed by atoms with van der Waals surface area (Å²) in [6, 6.07) is 6.56. The molecule has 0 spiro atoms. The number of anilines is 1. The van der Waals surface area contributed by atoms with E-state index in [2.05, 4.69) is 15.0 Å². The molecule has 6 nitrogen and oxygen atoms in total. The van der Waals surface area contributed by atoms with Crippen molar-refractivity contribution in [1.29, 1.82) is 0 Å². The molecule has 5 N–H and O–H groups in total. The summed E-state index contributed by atoms with van der Waals surface area (Å²) in [5.41, 5.74) is 10.5. The fourth-order valence-electron chi connectivity index (χ4n) is 3.27. The van der Waals surface area contributed by atoms with Gasteiger partial charge in [-0.3, -0.25) is 9.97 Å². The van der Waals surface area contributed by atoms with E-state index in [0.717, 1.165) is 11.5 Å².